The number of hydrogen-bond acceptors (Lipinski definition) is 7. The Kier molecular flexibility index (Phi) is 3.44. The average Bonchev–Trinajstić information content (AvgIpc) is 2.74. The monoisotopic (exact) mass is 420 g/mol. The van der Waals surface area contributed by atoms with E-state index in [0.717, 1.165) is 12.8 Å². The highest BCUT2D eigenvalue weighted by atomic mass is 16.7. The zero-order chi connectivity index (χ0) is 21.6. The molecule has 3 aliphatic heterocycles. The molecule has 7 aliphatic rings. The van der Waals surface area contributed by atoms with Crippen molar-refractivity contribution in [1.82, 2.24) is 0 Å². The van der Waals surface area contributed by atoms with E-state index in [1.54, 1.807) is 0 Å². The molecule has 7 nitrogen and oxygen atoms in total. The van der Waals surface area contributed by atoms with Crippen molar-refractivity contribution < 1.29 is 34.3 Å². The Balaban J connectivity index is 1.70. The lowest BCUT2D eigenvalue weighted by atomic mass is 9.35. The number of aliphatic hydroxyl groups is 3. The topological polar surface area (TPSA) is 105 Å². The number of aliphatic hydroxyl groups excluding tert-OH is 2. The second-order valence-corrected chi connectivity index (χ2v) is 11.7. The van der Waals surface area contributed by atoms with Crippen molar-refractivity contribution in [2.45, 2.75) is 82.9 Å². The summed E-state index contributed by atoms with van der Waals surface area (Å²) in [5.41, 5.74) is -2.45. The van der Waals surface area contributed by atoms with Gasteiger partial charge in [0.25, 0.3) is 0 Å². The fourth-order valence-corrected chi connectivity index (χ4v) is 8.89. The summed E-state index contributed by atoms with van der Waals surface area (Å²) in [4.78, 5) is 13.8. The third-order valence-corrected chi connectivity index (χ3v) is 9.67. The van der Waals surface area contributed by atoms with Gasteiger partial charge >= 0.3 is 0 Å². The molecule has 10 atom stereocenters. The molecule has 0 unspecified atom stereocenters. The molecule has 7 fully saturated rings. The van der Waals surface area contributed by atoms with Gasteiger partial charge in [0.15, 0.2) is 11.6 Å². The highest BCUT2D eigenvalue weighted by Crippen LogP contribution is 2.77. The summed E-state index contributed by atoms with van der Waals surface area (Å²) in [6, 6.07) is 0. The predicted octanol–water partition coefficient (Wildman–Crippen LogP) is 1.14. The first-order valence-electron chi connectivity index (χ1n) is 11.2. The second-order valence-electron chi connectivity index (χ2n) is 11.7. The van der Waals surface area contributed by atoms with Crippen molar-refractivity contribution in [3.63, 3.8) is 0 Å². The van der Waals surface area contributed by atoms with E-state index in [1.165, 1.54) is 0 Å². The summed E-state index contributed by atoms with van der Waals surface area (Å²) >= 11 is 0. The molecule has 3 N–H and O–H groups in total. The largest absolute Gasteiger partial charge is 0.391 e. The van der Waals surface area contributed by atoms with Crippen LogP contribution in [0.25, 0.3) is 0 Å². The van der Waals surface area contributed by atoms with E-state index in [1.807, 2.05) is 13.8 Å². The minimum atomic E-state index is -2.19. The van der Waals surface area contributed by atoms with E-state index < -0.39 is 58.3 Å². The first-order valence-corrected chi connectivity index (χ1v) is 11.2. The fourth-order valence-electron chi connectivity index (χ4n) is 8.89. The van der Waals surface area contributed by atoms with E-state index in [9.17, 15) is 20.1 Å². The first kappa shape index (κ1) is 19.8. The quantitative estimate of drug-likeness (QED) is 0.505. The summed E-state index contributed by atoms with van der Waals surface area (Å²) in [6.45, 7) is 12.1. The zero-order valence-corrected chi connectivity index (χ0v) is 18.1. The molecule has 4 bridgehead atoms. The van der Waals surface area contributed by atoms with E-state index in [2.05, 4.69) is 20.4 Å². The smallest absolute Gasteiger partial charge is 0.208 e. The molecule has 4 aliphatic carbocycles. The van der Waals surface area contributed by atoms with Crippen molar-refractivity contribution in [3.05, 3.63) is 12.2 Å². The van der Waals surface area contributed by atoms with Crippen LogP contribution in [0, 0.1) is 34.0 Å². The standard InChI is InChI=1S/C23H32O7/c1-10-11-8-12-14-21-9-28-23(27,22(14,16(10)24)17(11)25)18(26)15(21)19(2,3)7-6-13(21)30-20(4,5)29-12/h11-15,17-18,25-27H,1,6-9H2,2-5H3/t11-,12-,13-,14-,15+,17+,18-,21+,22-,23+/m0/s1. The van der Waals surface area contributed by atoms with Crippen LogP contribution in [0.5, 0.6) is 0 Å². The highest BCUT2D eigenvalue weighted by Gasteiger charge is 2.89. The van der Waals surface area contributed by atoms with Crippen LogP contribution in [0.3, 0.4) is 0 Å². The van der Waals surface area contributed by atoms with Gasteiger partial charge in [-0.05, 0) is 44.1 Å². The number of ether oxygens (including phenoxy) is 3. The van der Waals surface area contributed by atoms with Crippen LogP contribution >= 0.6 is 0 Å². The maximum atomic E-state index is 13.8. The summed E-state index contributed by atoms with van der Waals surface area (Å²) in [6.07, 6.45) is -1.25. The lowest BCUT2D eigenvalue weighted by Crippen LogP contribution is -2.87. The Morgan fingerprint density at radius 2 is 1.77 bits per heavy atom. The SMILES string of the molecule is C=C1C(=O)[C@@]23[C@H](O)[C@H]1C[C@@H]1OC(C)(C)O[C@H]4CCC(C)(C)[C@H]5[C@H](O)[C@@]2(O)OC[C@]45[C@H]13. The minimum absolute atomic E-state index is 0.165. The Morgan fingerprint density at radius 3 is 2.47 bits per heavy atom. The Bertz CT molecular complexity index is 866. The molecule has 0 aromatic heterocycles. The molecule has 0 aromatic rings. The Morgan fingerprint density at radius 1 is 1.07 bits per heavy atom. The van der Waals surface area contributed by atoms with Crippen molar-refractivity contribution in [2.24, 2.45) is 34.0 Å². The Labute approximate surface area is 176 Å². The molecule has 0 aromatic carbocycles. The normalized spacial score (nSPS) is 59.6. The van der Waals surface area contributed by atoms with Gasteiger partial charge in [0.2, 0.25) is 5.79 Å². The number of fused-ring (bicyclic) bond motifs is 2. The average molecular weight is 421 g/mol. The molecule has 7 rings (SSSR count). The maximum Gasteiger partial charge on any atom is 0.208 e. The van der Waals surface area contributed by atoms with Gasteiger partial charge in [-0.15, -0.1) is 0 Å². The number of Topliss-reactive ketones (excluding diaryl/α,β-unsaturated/α-hetero) is 1. The number of carbonyl (C=O) groups is 1. The number of hydrogen-bond donors (Lipinski definition) is 3. The fraction of sp³-hybridized carbons (Fsp3) is 0.870. The van der Waals surface area contributed by atoms with Crippen molar-refractivity contribution in [1.29, 1.82) is 0 Å². The third-order valence-electron chi connectivity index (χ3n) is 9.67. The molecule has 166 valence electrons. The lowest BCUT2D eigenvalue weighted by Gasteiger charge is -2.75. The summed E-state index contributed by atoms with van der Waals surface area (Å²) in [5.74, 6) is -4.89. The van der Waals surface area contributed by atoms with Crippen LogP contribution in [0.1, 0.15) is 47.0 Å². The van der Waals surface area contributed by atoms with E-state index in [-0.39, 0.29) is 24.0 Å². The van der Waals surface area contributed by atoms with Crippen LogP contribution in [0.15, 0.2) is 12.2 Å². The minimum Gasteiger partial charge on any atom is -0.391 e. The molecule has 0 amide bonds. The second kappa shape index (κ2) is 5.21. The molecule has 0 radical (unpaired) electrons. The van der Waals surface area contributed by atoms with Gasteiger partial charge in [0.1, 0.15) is 11.5 Å². The Hall–Kier alpha value is -0.830. The van der Waals surface area contributed by atoms with E-state index in [0.29, 0.717) is 12.0 Å². The number of rotatable bonds is 0. The molecule has 4 saturated carbocycles. The van der Waals surface area contributed by atoms with E-state index in [4.69, 9.17) is 14.2 Å². The van der Waals surface area contributed by atoms with Gasteiger partial charge in [-0.2, -0.15) is 0 Å². The van der Waals surface area contributed by atoms with Crippen LogP contribution in [-0.4, -0.2) is 63.7 Å². The summed E-state index contributed by atoms with van der Waals surface area (Å²) < 4.78 is 19.1. The lowest BCUT2D eigenvalue weighted by molar-refractivity contribution is -0.460. The highest BCUT2D eigenvalue weighted by molar-refractivity contribution is 6.05. The molecule has 30 heavy (non-hydrogen) atoms. The van der Waals surface area contributed by atoms with Crippen LogP contribution < -0.4 is 0 Å². The summed E-state index contributed by atoms with van der Waals surface area (Å²) in [5, 5.41) is 35.1. The van der Waals surface area contributed by atoms with Crippen LogP contribution in [0.2, 0.25) is 0 Å². The van der Waals surface area contributed by atoms with Crippen molar-refractivity contribution in [2.75, 3.05) is 6.61 Å². The van der Waals surface area contributed by atoms with Crippen molar-refractivity contribution in [3.8, 4) is 0 Å². The number of carbonyl (C=O) groups excluding carboxylic acids is 1. The predicted molar refractivity (Wildman–Crippen MR) is 104 cm³/mol. The van der Waals surface area contributed by atoms with Gasteiger partial charge in [-0.3, -0.25) is 4.79 Å². The molecule has 3 saturated heterocycles. The molecular weight excluding hydrogens is 388 g/mol. The summed E-state index contributed by atoms with van der Waals surface area (Å²) in [7, 11) is 0. The number of ketones is 1. The zero-order valence-electron chi connectivity index (χ0n) is 18.1. The van der Waals surface area contributed by atoms with Gasteiger partial charge in [-0.25, -0.2) is 0 Å². The van der Waals surface area contributed by atoms with E-state index >= 15 is 0 Å². The third kappa shape index (κ3) is 1.75. The molecule has 7 heteroatoms. The maximum absolute atomic E-state index is 13.8. The van der Waals surface area contributed by atoms with Crippen LogP contribution in [-0.2, 0) is 19.0 Å². The van der Waals surface area contributed by atoms with Gasteiger partial charge in [0, 0.05) is 23.2 Å². The molecule has 2 spiro atoms. The van der Waals surface area contributed by atoms with Crippen molar-refractivity contribution >= 4 is 5.78 Å². The molecular formula is C23H32O7. The first-order chi connectivity index (χ1) is 13.8. The van der Waals surface area contributed by atoms with Gasteiger partial charge in [0.05, 0.1) is 24.9 Å². The van der Waals surface area contributed by atoms with Crippen LogP contribution in [0.4, 0.5) is 0 Å². The molecule has 3 heterocycles. The van der Waals surface area contributed by atoms with Gasteiger partial charge < -0.3 is 29.5 Å². The van der Waals surface area contributed by atoms with Gasteiger partial charge in [-0.1, -0.05) is 20.4 Å².